The normalized spacial score (nSPS) is 13.8. The molecule has 1 aliphatic rings. The molecular formula is C26H23N3O2S. The van der Waals surface area contributed by atoms with Gasteiger partial charge < -0.3 is 4.90 Å². The summed E-state index contributed by atoms with van der Waals surface area (Å²) in [5.41, 5.74) is 3.76. The second-order valence-electron chi connectivity index (χ2n) is 7.92. The van der Waals surface area contributed by atoms with Gasteiger partial charge in [0.05, 0.1) is 22.7 Å². The molecule has 6 heteroatoms. The largest absolute Gasteiger partial charge is 0.311 e. The highest BCUT2D eigenvalue weighted by Gasteiger charge is 2.29. The van der Waals surface area contributed by atoms with Gasteiger partial charge >= 0.3 is 0 Å². The lowest BCUT2D eigenvalue weighted by atomic mass is 10.2. The van der Waals surface area contributed by atoms with Crippen molar-refractivity contribution in [2.45, 2.75) is 30.3 Å². The molecule has 1 atom stereocenters. The zero-order chi connectivity index (χ0) is 22.1. The molecular weight excluding hydrogens is 418 g/mol. The van der Waals surface area contributed by atoms with Gasteiger partial charge in [-0.3, -0.25) is 14.2 Å². The second-order valence-corrected chi connectivity index (χ2v) is 9.23. The highest BCUT2D eigenvalue weighted by atomic mass is 32.2. The average Bonchev–Trinajstić information content (AvgIpc) is 3.26. The van der Waals surface area contributed by atoms with Gasteiger partial charge in [-0.2, -0.15) is 0 Å². The molecule has 0 fully saturated rings. The standard InChI is InChI=1S/C26H23N3O2S/c1-18(24(30)28-16-15-20-11-5-8-14-23(20)28)32-26-27-22-13-7-6-12-21(22)25(31)29(26)17-19-9-3-2-4-10-19/h2-14,18H,15-17H2,1H3/t18-/m0/s1. The number of thioether (sulfide) groups is 1. The molecule has 1 aliphatic heterocycles. The maximum Gasteiger partial charge on any atom is 0.262 e. The Morgan fingerprint density at radius 3 is 2.56 bits per heavy atom. The van der Waals surface area contributed by atoms with Gasteiger partial charge in [-0.25, -0.2) is 4.98 Å². The van der Waals surface area contributed by atoms with Crippen LogP contribution in [0.3, 0.4) is 0 Å². The van der Waals surface area contributed by atoms with Crippen LogP contribution < -0.4 is 10.5 Å². The van der Waals surface area contributed by atoms with Crippen LogP contribution in [0.1, 0.15) is 18.1 Å². The van der Waals surface area contributed by atoms with Crippen molar-refractivity contribution in [1.82, 2.24) is 9.55 Å². The third-order valence-electron chi connectivity index (χ3n) is 5.79. The van der Waals surface area contributed by atoms with E-state index in [1.807, 2.05) is 78.6 Å². The Hall–Kier alpha value is -3.38. The first-order valence-corrected chi connectivity index (χ1v) is 11.6. The summed E-state index contributed by atoms with van der Waals surface area (Å²) in [6.07, 6.45) is 0.867. The van der Waals surface area contributed by atoms with Crippen LogP contribution in [0.2, 0.25) is 0 Å². The topological polar surface area (TPSA) is 55.2 Å². The third-order valence-corrected chi connectivity index (χ3v) is 6.87. The first-order chi connectivity index (χ1) is 15.6. The number of hydrogen-bond donors (Lipinski definition) is 0. The Kier molecular flexibility index (Phi) is 5.53. The number of carbonyl (C=O) groups excluding carboxylic acids is 1. The smallest absolute Gasteiger partial charge is 0.262 e. The number of amides is 1. The zero-order valence-electron chi connectivity index (χ0n) is 17.8. The Morgan fingerprint density at radius 1 is 1.00 bits per heavy atom. The molecule has 2 heterocycles. The number of rotatable bonds is 5. The fraction of sp³-hybridized carbons (Fsp3) is 0.192. The minimum absolute atomic E-state index is 0.0358. The van der Waals surface area contributed by atoms with E-state index in [9.17, 15) is 9.59 Å². The molecule has 32 heavy (non-hydrogen) atoms. The number of hydrogen-bond acceptors (Lipinski definition) is 4. The summed E-state index contributed by atoms with van der Waals surface area (Å²) in [6.45, 7) is 2.99. The maximum atomic E-state index is 13.3. The summed E-state index contributed by atoms with van der Waals surface area (Å²) in [4.78, 5) is 33.3. The van der Waals surface area contributed by atoms with Gasteiger partial charge in [-0.15, -0.1) is 0 Å². The van der Waals surface area contributed by atoms with Crippen molar-refractivity contribution in [2.75, 3.05) is 11.4 Å². The van der Waals surface area contributed by atoms with Crippen LogP contribution in [-0.2, 0) is 17.8 Å². The summed E-state index contributed by atoms with van der Waals surface area (Å²) in [6, 6.07) is 25.3. The Labute approximate surface area is 190 Å². The van der Waals surface area contributed by atoms with Crippen LogP contribution >= 0.6 is 11.8 Å². The van der Waals surface area contributed by atoms with Gasteiger partial charge in [0.15, 0.2) is 5.16 Å². The van der Waals surface area contributed by atoms with Gasteiger partial charge in [-0.1, -0.05) is 72.4 Å². The summed E-state index contributed by atoms with van der Waals surface area (Å²) < 4.78 is 1.68. The molecule has 1 amide bonds. The summed E-state index contributed by atoms with van der Waals surface area (Å²) in [5, 5.41) is 0.766. The van der Waals surface area contributed by atoms with Crippen molar-refractivity contribution in [3.05, 3.63) is 100 Å². The predicted molar refractivity (Wildman–Crippen MR) is 129 cm³/mol. The molecule has 0 bridgehead atoms. The molecule has 0 saturated heterocycles. The first-order valence-electron chi connectivity index (χ1n) is 10.7. The number of para-hydroxylation sites is 2. The van der Waals surface area contributed by atoms with E-state index in [2.05, 4.69) is 6.07 Å². The van der Waals surface area contributed by atoms with Crippen molar-refractivity contribution in [2.24, 2.45) is 0 Å². The number of benzene rings is 3. The number of fused-ring (bicyclic) bond motifs is 2. The molecule has 0 saturated carbocycles. The fourth-order valence-corrected chi connectivity index (χ4v) is 5.11. The van der Waals surface area contributed by atoms with Gasteiger partial charge in [0.2, 0.25) is 5.91 Å². The molecule has 1 aromatic heterocycles. The quantitative estimate of drug-likeness (QED) is 0.338. The minimum Gasteiger partial charge on any atom is -0.311 e. The minimum atomic E-state index is -0.378. The van der Waals surface area contributed by atoms with E-state index in [0.29, 0.717) is 29.1 Å². The van der Waals surface area contributed by atoms with Crippen molar-refractivity contribution in [3.63, 3.8) is 0 Å². The molecule has 5 nitrogen and oxygen atoms in total. The van der Waals surface area contributed by atoms with Gasteiger partial charge in [-0.05, 0) is 42.7 Å². The van der Waals surface area contributed by atoms with Gasteiger partial charge in [0, 0.05) is 12.2 Å². The zero-order valence-corrected chi connectivity index (χ0v) is 18.6. The maximum absolute atomic E-state index is 13.3. The van der Waals surface area contributed by atoms with Gasteiger partial charge in [0.25, 0.3) is 5.56 Å². The average molecular weight is 442 g/mol. The van der Waals surface area contributed by atoms with E-state index in [4.69, 9.17) is 4.98 Å². The molecule has 0 radical (unpaired) electrons. The highest BCUT2D eigenvalue weighted by Crippen LogP contribution is 2.31. The lowest BCUT2D eigenvalue weighted by molar-refractivity contribution is -0.117. The summed E-state index contributed by atoms with van der Waals surface area (Å²) in [7, 11) is 0. The van der Waals surface area contributed by atoms with E-state index >= 15 is 0 Å². The van der Waals surface area contributed by atoms with E-state index in [-0.39, 0.29) is 16.7 Å². The molecule has 0 spiro atoms. The van der Waals surface area contributed by atoms with Crippen LogP contribution in [0.25, 0.3) is 10.9 Å². The third kappa shape index (κ3) is 3.82. The lowest BCUT2D eigenvalue weighted by Gasteiger charge is -2.22. The Balaban J connectivity index is 1.49. The molecule has 0 aliphatic carbocycles. The van der Waals surface area contributed by atoms with Crippen LogP contribution in [-0.4, -0.2) is 27.3 Å². The molecule has 0 N–H and O–H groups in total. The summed E-state index contributed by atoms with van der Waals surface area (Å²) >= 11 is 1.35. The number of anilines is 1. The van der Waals surface area contributed by atoms with Crippen molar-refractivity contribution < 1.29 is 4.79 Å². The molecule has 0 unspecified atom stereocenters. The first kappa shape index (κ1) is 20.5. The monoisotopic (exact) mass is 441 g/mol. The van der Waals surface area contributed by atoms with E-state index in [0.717, 1.165) is 17.7 Å². The Morgan fingerprint density at radius 2 is 1.72 bits per heavy atom. The van der Waals surface area contributed by atoms with E-state index in [1.54, 1.807) is 10.6 Å². The van der Waals surface area contributed by atoms with E-state index in [1.165, 1.54) is 17.3 Å². The van der Waals surface area contributed by atoms with Gasteiger partial charge in [0.1, 0.15) is 0 Å². The van der Waals surface area contributed by atoms with Crippen LogP contribution in [0.4, 0.5) is 5.69 Å². The van der Waals surface area contributed by atoms with Crippen LogP contribution in [0.15, 0.2) is 88.8 Å². The van der Waals surface area contributed by atoms with E-state index < -0.39 is 0 Å². The Bertz CT molecular complexity index is 1350. The highest BCUT2D eigenvalue weighted by molar-refractivity contribution is 8.00. The molecule has 5 rings (SSSR count). The van der Waals surface area contributed by atoms with Crippen molar-refractivity contribution >= 4 is 34.3 Å². The molecule has 4 aromatic rings. The van der Waals surface area contributed by atoms with Crippen LogP contribution in [0.5, 0.6) is 0 Å². The van der Waals surface area contributed by atoms with Crippen molar-refractivity contribution in [1.29, 1.82) is 0 Å². The predicted octanol–water partition coefficient (Wildman–Crippen LogP) is 4.51. The number of nitrogens with zero attached hydrogens (tertiary/aromatic N) is 3. The fourth-order valence-electron chi connectivity index (χ4n) is 4.14. The lowest BCUT2D eigenvalue weighted by Crippen LogP contribution is -2.35. The molecule has 3 aromatic carbocycles. The summed E-state index contributed by atoms with van der Waals surface area (Å²) in [5.74, 6) is 0.0358. The van der Waals surface area contributed by atoms with Crippen LogP contribution in [0, 0.1) is 0 Å². The number of aromatic nitrogens is 2. The second kappa shape index (κ2) is 8.63. The van der Waals surface area contributed by atoms with Crippen molar-refractivity contribution in [3.8, 4) is 0 Å². The SMILES string of the molecule is C[C@H](Sc1nc2ccccc2c(=O)n1Cc1ccccc1)C(=O)N1CCc2ccccc21. The number of carbonyl (C=O) groups is 1. The molecule has 160 valence electrons.